The van der Waals surface area contributed by atoms with Crippen molar-refractivity contribution in [2.24, 2.45) is 17.3 Å². The Kier molecular flexibility index (Phi) is 2.39. The van der Waals surface area contributed by atoms with Gasteiger partial charge in [-0.2, -0.15) is 0 Å². The van der Waals surface area contributed by atoms with E-state index in [1.54, 1.807) is 18.1 Å². The molecule has 0 amide bonds. The average Bonchev–Trinajstić information content (AvgIpc) is 2.88. The highest BCUT2D eigenvalue weighted by atomic mass is 16.7. The van der Waals surface area contributed by atoms with Crippen LogP contribution < -0.4 is 0 Å². The second-order valence-electron chi connectivity index (χ2n) is 9.23. The maximum Gasteiger partial charge on any atom is 0.252 e. The number of fused-ring (bicyclic) bond motifs is 3. The van der Waals surface area contributed by atoms with Crippen LogP contribution in [0.4, 0.5) is 0 Å². The molecule has 4 fully saturated rings. The van der Waals surface area contributed by atoms with Crippen LogP contribution in [0.2, 0.25) is 0 Å². The second kappa shape index (κ2) is 4.04. The topological polar surface area (TPSA) is 51.2 Å². The van der Waals surface area contributed by atoms with Crippen molar-refractivity contribution >= 4 is 0 Å². The van der Waals surface area contributed by atoms with Gasteiger partial charge in [0.2, 0.25) is 0 Å². The predicted molar refractivity (Wildman–Crippen MR) is 86.7 cm³/mol. The van der Waals surface area contributed by atoms with E-state index in [-0.39, 0.29) is 22.7 Å². The quantitative estimate of drug-likeness (QED) is 0.546. The van der Waals surface area contributed by atoms with Crippen LogP contribution in [0.3, 0.4) is 0 Å². The normalized spacial score (nSPS) is 55.6. The molecule has 0 unspecified atom stereocenters. The Balaban J connectivity index is 1.36. The van der Waals surface area contributed by atoms with Crippen molar-refractivity contribution < 1.29 is 19.3 Å². The molecule has 6 aliphatic rings. The Bertz CT molecular complexity index is 661. The second-order valence-corrected chi connectivity index (χ2v) is 9.23. The highest BCUT2D eigenvalue weighted by molar-refractivity contribution is 5.43. The summed E-state index contributed by atoms with van der Waals surface area (Å²) in [6.45, 7) is 2.30. The maximum atomic E-state index is 10.5. The molecule has 6 rings (SSSR count). The van der Waals surface area contributed by atoms with Crippen molar-refractivity contribution in [1.29, 1.82) is 0 Å². The zero-order valence-electron chi connectivity index (χ0n) is 14.3. The first-order chi connectivity index (χ1) is 11.5. The highest BCUT2D eigenvalue weighted by Crippen LogP contribution is 2.73. The molecule has 2 aliphatic heterocycles. The van der Waals surface area contributed by atoms with Crippen LogP contribution in [0, 0.1) is 17.3 Å². The number of rotatable bonds is 0. The Morgan fingerprint density at radius 3 is 2.75 bits per heavy atom. The fourth-order valence-electron chi connectivity index (χ4n) is 7.10. The molecule has 2 heterocycles. The predicted octanol–water partition coefficient (Wildman–Crippen LogP) is 3.41. The summed E-state index contributed by atoms with van der Waals surface area (Å²) in [6, 6.07) is 0. The van der Waals surface area contributed by atoms with Crippen molar-refractivity contribution in [2.45, 2.75) is 81.4 Å². The third kappa shape index (κ3) is 1.42. The van der Waals surface area contributed by atoms with Crippen molar-refractivity contribution in [3.63, 3.8) is 0 Å². The van der Waals surface area contributed by atoms with Gasteiger partial charge in [0.25, 0.3) is 5.79 Å². The first-order valence-corrected chi connectivity index (χ1v) is 9.62. The van der Waals surface area contributed by atoms with Crippen molar-refractivity contribution in [2.75, 3.05) is 0 Å². The van der Waals surface area contributed by atoms with E-state index in [2.05, 4.69) is 13.0 Å². The van der Waals surface area contributed by atoms with Crippen LogP contribution in [0.5, 0.6) is 0 Å². The van der Waals surface area contributed by atoms with E-state index >= 15 is 0 Å². The molecule has 0 aromatic rings. The number of aliphatic hydroxyl groups excluding tert-OH is 1. The molecule has 24 heavy (non-hydrogen) atoms. The minimum absolute atomic E-state index is 0.0502. The number of epoxide rings is 1. The van der Waals surface area contributed by atoms with Gasteiger partial charge in [0, 0.05) is 11.8 Å². The summed E-state index contributed by atoms with van der Waals surface area (Å²) in [7, 11) is 0. The van der Waals surface area contributed by atoms with E-state index < -0.39 is 5.79 Å². The molecule has 4 nitrogen and oxygen atoms in total. The number of allylic oxidation sites excluding steroid dienone is 1. The molecule has 0 bridgehead atoms. The van der Waals surface area contributed by atoms with Gasteiger partial charge < -0.3 is 19.3 Å². The molecule has 0 aromatic carbocycles. The van der Waals surface area contributed by atoms with Gasteiger partial charge >= 0.3 is 0 Å². The van der Waals surface area contributed by atoms with Gasteiger partial charge in [0.15, 0.2) is 0 Å². The van der Waals surface area contributed by atoms with Gasteiger partial charge in [0.1, 0.15) is 23.7 Å². The summed E-state index contributed by atoms with van der Waals surface area (Å²) >= 11 is 0. The SMILES string of the molecule is C[C@]12CC=C3[C@@H](CC[C@@]45CC6(CC[C@@]34O5)OC=CO6)[C@@H]1CC[C@@H]2O. The van der Waals surface area contributed by atoms with Crippen LogP contribution >= 0.6 is 0 Å². The third-order valence-corrected chi connectivity index (χ3v) is 8.43. The summed E-state index contributed by atoms with van der Waals surface area (Å²) < 4.78 is 18.2. The largest absolute Gasteiger partial charge is 0.457 e. The minimum atomic E-state index is -0.472. The molecule has 1 saturated heterocycles. The van der Waals surface area contributed by atoms with Gasteiger partial charge in [-0.25, -0.2) is 0 Å². The van der Waals surface area contributed by atoms with Gasteiger partial charge in [-0.1, -0.05) is 13.0 Å². The summed E-state index contributed by atoms with van der Waals surface area (Å²) in [6.07, 6.45) is 13.9. The highest BCUT2D eigenvalue weighted by Gasteiger charge is 2.79. The van der Waals surface area contributed by atoms with Gasteiger partial charge in [-0.15, -0.1) is 0 Å². The number of ether oxygens (including phenoxy) is 3. The standard InChI is InChI=1S/C20H26O4/c1-17-6-5-15-13(14(17)2-3-16(17)21)4-7-18-12-19(22-10-11-23-19)8-9-20(15,18)24-18/h5,10-11,13-14,16,21H,2-4,6-9,12H2,1H3/t13-,14-,16-,17-,18+,20+/m0/s1. The Labute approximate surface area is 142 Å². The lowest BCUT2D eigenvalue weighted by Gasteiger charge is -2.49. The van der Waals surface area contributed by atoms with Crippen LogP contribution in [-0.4, -0.2) is 28.2 Å². The van der Waals surface area contributed by atoms with E-state index in [0.717, 1.165) is 38.5 Å². The maximum absolute atomic E-state index is 10.5. The molecule has 4 aliphatic carbocycles. The van der Waals surface area contributed by atoms with E-state index in [1.165, 1.54) is 12.8 Å². The van der Waals surface area contributed by atoms with Crippen LogP contribution in [-0.2, 0) is 14.2 Å². The zero-order valence-corrected chi connectivity index (χ0v) is 14.3. The Morgan fingerprint density at radius 2 is 1.92 bits per heavy atom. The summed E-state index contributed by atoms with van der Waals surface area (Å²) in [4.78, 5) is 0. The van der Waals surface area contributed by atoms with Gasteiger partial charge in [0.05, 0.1) is 12.5 Å². The zero-order chi connectivity index (χ0) is 16.2. The van der Waals surface area contributed by atoms with Crippen molar-refractivity contribution in [3.8, 4) is 0 Å². The molecule has 6 atom stereocenters. The van der Waals surface area contributed by atoms with Crippen LogP contribution in [0.15, 0.2) is 24.2 Å². The van der Waals surface area contributed by atoms with Crippen LogP contribution in [0.1, 0.15) is 58.3 Å². The van der Waals surface area contributed by atoms with E-state index in [4.69, 9.17) is 14.2 Å². The molecule has 1 N–H and O–H groups in total. The van der Waals surface area contributed by atoms with Gasteiger partial charge in [-0.05, 0) is 55.9 Å². The van der Waals surface area contributed by atoms with E-state index in [1.807, 2.05) is 0 Å². The molecular weight excluding hydrogens is 304 g/mol. The van der Waals surface area contributed by atoms with E-state index in [9.17, 15) is 5.11 Å². The van der Waals surface area contributed by atoms with Crippen LogP contribution in [0.25, 0.3) is 0 Å². The first kappa shape index (κ1) is 14.2. The molecular formula is C20H26O4. The van der Waals surface area contributed by atoms with Crippen molar-refractivity contribution in [1.82, 2.24) is 0 Å². The van der Waals surface area contributed by atoms with E-state index in [0.29, 0.717) is 11.8 Å². The molecule has 3 saturated carbocycles. The fraction of sp³-hybridized carbons (Fsp3) is 0.800. The summed E-state index contributed by atoms with van der Waals surface area (Å²) in [5.41, 5.74) is 1.53. The minimum Gasteiger partial charge on any atom is -0.457 e. The monoisotopic (exact) mass is 330 g/mol. The average molecular weight is 330 g/mol. The molecule has 0 aromatic heterocycles. The van der Waals surface area contributed by atoms with Crippen molar-refractivity contribution in [3.05, 3.63) is 24.2 Å². The lowest BCUT2D eigenvalue weighted by atomic mass is 9.54. The first-order valence-electron chi connectivity index (χ1n) is 9.62. The molecule has 0 radical (unpaired) electrons. The number of hydrogen-bond acceptors (Lipinski definition) is 4. The fourth-order valence-corrected chi connectivity index (χ4v) is 7.10. The smallest absolute Gasteiger partial charge is 0.252 e. The van der Waals surface area contributed by atoms with Gasteiger partial charge in [-0.3, -0.25) is 0 Å². The molecule has 1 spiro atoms. The number of hydrogen-bond donors (Lipinski definition) is 1. The lowest BCUT2D eigenvalue weighted by molar-refractivity contribution is -0.171. The lowest BCUT2D eigenvalue weighted by Crippen LogP contribution is -2.52. The summed E-state index contributed by atoms with van der Waals surface area (Å²) in [5, 5.41) is 10.5. The Morgan fingerprint density at radius 1 is 1.08 bits per heavy atom. The molecule has 130 valence electrons. The Hall–Kier alpha value is -1.00. The number of aliphatic hydroxyl groups is 1. The third-order valence-electron chi connectivity index (χ3n) is 8.43. The molecule has 4 heteroatoms. The summed E-state index contributed by atoms with van der Waals surface area (Å²) in [5.74, 6) is 0.759.